The van der Waals surface area contributed by atoms with Crippen LogP contribution in [0, 0.1) is 6.92 Å². The zero-order valence-electron chi connectivity index (χ0n) is 12.6. The fraction of sp³-hybridized carbons (Fsp3) is 0.412. The predicted octanol–water partition coefficient (Wildman–Crippen LogP) is 2.77. The van der Waals surface area contributed by atoms with Gasteiger partial charge < -0.3 is 9.47 Å². The molecule has 1 amide bonds. The molecule has 1 aromatic heterocycles. The van der Waals surface area contributed by atoms with Crippen LogP contribution in [0.2, 0.25) is 0 Å². The van der Waals surface area contributed by atoms with E-state index in [0.717, 1.165) is 28.7 Å². The minimum Gasteiger partial charge on any atom is -0.337 e. The van der Waals surface area contributed by atoms with Crippen molar-refractivity contribution in [2.45, 2.75) is 33.2 Å². The highest BCUT2D eigenvalue weighted by atomic mass is 16.2. The highest BCUT2D eigenvalue weighted by Gasteiger charge is 2.26. The number of para-hydroxylation sites is 1. The van der Waals surface area contributed by atoms with Crippen LogP contribution in [0.4, 0.5) is 0 Å². The molecule has 0 unspecified atom stereocenters. The first kappa shape index (κ1) is 13.9. The Morgan fingerprint density at radius 3 is 2.52 bits per heavy atom. The van der Waals surface area contributed by atoms with E-state index in [1.807, 2.05) is 24.0 Å². The smallest absolute Gasteiger partial charge is 0.270 e. The van der Waals surface area contributed by atoms with Crippen molar-refractivity contribution in [1.82, 2.24) is 9.47 Å². The summed E-state index contributed by atoms with van der Waals surface area (Å²) in [4.78, 5) is 26.0. The first-order valence-corrected chi connectivity index (χ1v) is 7.52. The summed E-state index contributed by atoms with van der Waals surface area (Å²) in [6.07, 6.45) is 0.967. The standard InChI is InChI=1S/C17H20N2O2/c1-3-19-15-7-5-4-6-14(15)12(2)16(19)17(21)18-10-8-13(20)9-11-18/h4-7H,3,8-11H2,1-2H3. The van der Waals surface area contributed by atoms with Gasteiger partial charge in [-0.05, 0) is 25.5 Å². The van der Waals surface area contributed by atoms with E-state index in [-0.39, 0.29) is 11.7 Å². The van der Waals surface area contributed by atoms with Crippen LogP contribution in [0.1, 0.15) is 35.8 Å². The number of likely N-dealkylation sites (tertiary alicyclic amines) is 1. The average Bonchev–Trinajstić information content (AvgIpc) is 2.80. The fourth-order valence-electron chi connectivity index (χ4n) is 3.19. The van der Waals surface area contributed by atoms with Crippen molar-refractivity contribution in [2.75, 3.05) is 13.1 Å². The van der Waals surface area contributed by atoms with Gasteiger partial charge >= 0.3 is 0 Å². The van der Waals surface area contributed by atoms with Gasteiger partial charge in [0.2, 0.25) is 0 Å². The van der Waals surface area contributed by atoms with E-state index < -0.39 is 0 Å². The number of fused-ring (bicyclic) bond motifs is 1. The molecule has 110 valence electrons. The maximum Gasteiger partial charge on any atom is 0.270 e. The highest BCUT2D eigenvalue weighted by molar-refractivity contribution is 6.02. The predicted molar refractivity (Wildman–Crippen MR) is 82.5 cm³/mol. The number of benzene rings is 1. The number of Topliss-reactive ketones (excluding diaryl/α,β-unsaturated/α-hetero) is 1. The van der Waals surface area contributed by atoms with Crippen molar-refractivity contribution in [1.29, 1.82) is 0 Å². The summed E-state index contributed by atoms with van der Waals surface area (Å²) in [6, 6.07) is 8.13. The van der Waals surface area contributed by atoms with E-state index in [1.165, 1.54) is 0 Å². The van der Waals surface area contributed by atoms with Gasteiger partial charge in [0.25, 0.3) is 5.91 Å². The Bertz CT molecular complexity index is 705. The second-order valence-corrected chi connectivity index (χ2v) is 5.57. The Hall–Kier alpha value is -2.10. The largest absolute Gasteiger partial charge is 0.337 e. The van der Waals surface area contributed by atoms with E-state index in [9.17, 15) is 9.59 Å². The maximum atomic E-state index is 12.9. The van der Waals surface area contributed by atoms with Crippen molar-refractivity contribution in [3.8, 4) is 0 Å². The third-order valence-corrected chi connectivity index (χ3v) is 4.35. The molecule has 3 rings (SSSR count). The number of ketones is 1. The van der Waals surface area contributed by atoms with Crippen LogP contribution >= 0.6 is 0 Å². The molecule has 4 heteroatoms. The number of piperidine rings is 1. The third kappa shape index (κ3) is 2.24. The zero-order valence-corrected chi connectivity index (χ0v) is 12.6. The van der Waals surface area contributed by atoms with Gasteiger partial charge in [-0.3, -0.25) is 9.59 Å². The van der Waals surface area contributed by atoms with Crippen LogP contribution in [0.3, 0.4) is 0 Å². The molecule has 1 fully saturated rings. The Balaban J connectivity index is 2.05. The van der Waals surface area contributed by atoms with E-state index in [0.29, 0.717) is 25.9 Å². The Kier molecular flexibility index (Phi) is 3.53. The number of hydrogen-bond donors (Lipinski definition) is 0. The lowest BCUT2D eigenvalue weighted by molar-refractivity contribution is -0.120. The van der Waals surface area contributed by atoms with E-state index >= 15 is 0 Å². The van der Waals surface area contributed by atoms with E-state index in [4.69, 9.17) is 0 Å². The van der Waals surface area contributed by atoms with E-state index in [2.05, 4.69) is 23.6 Å². The molecule has 1 aliphatic rings. The Labute approximate surface area is 124 Å². The van der Waals surface area contributed by atoms with Crippen molar-refractivity contribution in [3.63, 3.8) is 0 Å². The van der Waals surface area contributed by atoms with E-state index in [1.54, 1.807) is 0 Å². The number of carbonyl (C=O) groups excluding carboxylic acids is 2. The van der Waals surface area contributed by atoms with Crippen LogP contribution in [0.25, 0.3) is 10.9 Å². The molecule has 0 radical (unpaired) electrons. The fourth-order valence-corrected chi connectivity index (χ4v) is 3.19. The molecular formula is C17H20N2O2. The van der Waals surface area contributed by atoms with Gasteiger partial charge in [-0.1, -0.05) is 18.2 Å². The van der Waals surface area contributed by atoms with Gasteiger partial charge in [0.15, 0.2) is 0 Å². The molecule has 2 aromatic rings. The first-order chi connectivity index (χ1) is 10.1. The molecule has 0 bridgehead atoms. The monoisotopic (exact) mass is 284 g/mol. The minimum absolute atomic E-state index is 0.0538. The lowest BCUT2D eigenvalue weighted by Crippen LogP contribution is -2.39. The highest BCUT2D eigenvalue weighted by Crippen LogP contribution is 2.27. The second-order valence-electron chi connectivity index (χ2n) is 5.57. The number of hydrogen-bond acceptors (Lipinski definition) is 2. The lowest BCUT2D eigenvalue weighted by atomic mass is 10.1. The summed E-state index contributed by atoms with van der Waals surface area (Å²) in [5.41, 5.74) is 2.91. The minimum atomic E-state index is 0.0538. The maximum absolute atomic E-state index is 12.9. The van der Waals surface area contributed by atoms with Crippen LogP contribution in [-0.4, -0.2) is 34.2 Å². The molecule has 4 nitrogen and oxygen atoms in total. The molecule has 1 aliphatic heterocycles. The Morgan fingerprint density at radius 1 is 1.19 bits per heavy atom. The summed E-state index contributed by atoms with van der Waals surface area (Å²) < 4.78 is 2.09. The van der Waals surface area contributed by atoms with Crippen LogP contribution in [0.5, 0.6) is 0 Å². The number of rotatable bonds is 2. The summed E-state index contributed by atoms with van der Waals surface area (Å²) in [5.74, 6) is 0.310. The topological polar surface area (TPSA) is 42.3 Å². The van der Waals surface area contributed by atoms with Crippen LogP contribution < -0.4 is 0 Å². The molecule has 0 spiro atoms. The number of nitrogens with zero attached hydrogens (tertiary/aromatic N) is 2. The molecule has 1 saturated heterocycles. The van der Waals surface area contributed by atoms with Crippen molar-refractivity contribution < 1.29 is 9.59 Å². The summed E-state index contributed by atoms with van der Waals surface area (Å²) in [7, 11) is 0. The second kappa shape index (κ2) is 5.35. The number of amides is 1. The molecular weight excluding hydrogens is 264 g/mol. The Morgan fingerprint density at radius 2 is 1.86 bits per heavy atom. The quantitative estimate of drug-likeness (QED) is 0.851. The molecule has 0 atom stereocenters. The summed E-state index contributed by atoms with van der Waals surface area (Å²) in [6.45, 7) is 5.92. The third-order valence-electron chi connectivity index (χ3n) is 4.35. The van der Waals surface area contributed by atoms with Gasteiger partial charge in [-0.15, -0.1) is 0 Å². The van der Waals surface area contributed by atoms with Gasteiger partial charge in [0, 0.05) is 43.4 Å². The lowest BCUT2D eigenvalue weighted by Gasteiger charge is -2.26. The number of carbonyl (C=O) groups is 2. The summed E-state index contributed by atoms with van der Waals surface area (Å²) in [5, 5.41) is 1.13. The zero-order chi connectivity index (χ0) is 15.0. The molecule has 0 N–H and O–H groups in total. The summed E-state index contributed by atoms with van der Waals surface area (Å²) >= 11 is 0. The van der Waals surface area contributed by atoms with Crippen LogP contribution in [-0.2, 0) is 11.3 Å². The average molecular weight is 284 g/mol. The van der Waals surface area contributed by atoms with Crippen molar-refractivity contribution in [3.05, 3.63) is 35.5 Å². The van der Waals surface area contributed by atoms with Crippen molar-refractivity contribution >= 4 is 22.6 Å². The molecule has 2 heterocycles. The van der Waals surface area contributed by atoms with Crippen LogP contribution in [0.15, 0.2) is 24.3 Å². The van der Waals surface area contributed by atoms with Gasteiger partial charge in [0.1, 0.15) is 11.5 Å². The van der Waals surface area contributed by atoms with Gasteiger partial charge in [-0.2, -0.15) is 0 Å². The van der Waals surface area contributed by atoms with Gasteiger partial charge in [-0.25, -0.2) is 0 Å². The molecule has 0 saturated carbocycles. The molecule has 1 aromatic carbocycles. The van der Waals surface area contributed by atoms with Crippen molar-refractivity contribution in [2.24, 2.45) is 0 Å². The SMILES string of the molecule is CCn1c(C(=O)N2CCC(=O)CC2)c(C)c2ccccc21. The first-order valence-electron chi connectivity index (χ1n) is 7.52. The molecule has 0 aliphatic carbocycles. The van der Waals surface area contributed by atoms with Gasteiger partial charge in [0.05, 0.1) is 0 Å². The number of aryl methyl sites for hydroxylation is 2. The molecule has 21 heavy (non-hydrogen) atoms. The normalized spacial score (nSPS) is 15.7. The number of aromatic nitrogens is 1.